The molecule has 2 aromatic heterocycles. The maximum absolute atomic E-state index is 12.2. The molecule has 4 aromatic rings. The Morgan fingerprint density at radius 2 is 1.96 bits per heavy atom. The Balaban J connectivity index is 1.59. The highest BCUT2D eigenvalue weighted by Crippen LogP contribution is 2.25. The maximum atomic E-state index is 12.2. The van der Waals surface area contributed by atoms with Crippen LogP contribution in [0.5, 0.6) is 0 Å². The summed E-state index contributed by atoms with van der Waals surface area (Å²) in [7, 11) is 0. The number of fused-ring (bicyclic) bond motifs is 3. The fraction of sp³-hybridized carbons (Fsp3) is 0.0476. The van der Waals surface area contributed by atoms with Crippen molar-refractivity contribution in [2.24, 2.45) is 0 Å². The Hall–Kier alpha value is -3.11. The second-order valence-electron chi connectivity index (χ2n) is 6.11. The van der Waals surface area contributed by atoms with E-state index in [2.05, 4.69) is 21.4 Å². The SMILES string of the molecule is Cc1ccc(Cl)cc1NC(=O)/C=C/c1cc2c(cn1)[nH]c1ccccc12. The molecular formula is C21H16ClN3O. The minimum absolute atomic E-state index is 0.226. The van der Waals surface area contributed by atoms with Crippen molar-refractivity contribution in [3.63, 3.8) is 0 Å². The Kier molecular flexibility index (Phi) is 4.19. The summed E-state index contributed by atoms with van der Waals surface area (Å²) in [5.74, 6) is -0.226. The summed E-state index contributed by atoms with van der Waals surface area (Å²) in [6, 6.07) is 15.5. The van der Waals surface area contributed by atoms with Gasteiger partial charge in [-0.15, -0.1) is 0 Å². The standard InChI is InChI=1S/C21H16ClN3O/c1-13-6-7-14(22)10-19(13)25-21(26)9-8-15-11-17-16-4-2-3-5-18(16)24-20(17)12-23-15/h2-12,24H,1H3,(H,25,26)/b9-8+. The molecule has 128 valence electrons. The number of aromatic amines is 1. The van der Waals surface area contributed by atoms with Gasteiger partial charge in [0.1, 0.15) is 0 Å². The lowest BCUT2D eigenvalue weighted by Crippen LogP contribution is -2.08. The maximum Gasteiger partial charge on any atom is 0.248 e. The summed E-state index contributed by atoms with van der Waals surface area (Å²) in [5.41, 5.74) is 4.42. The van der Waals surface area contributed by atoms with E-state index >= 15 is 0 Å². The van der Waals surface area contributed by atoms with Crippen molar-refractivity contribution in [1.82, 2.24) is 9.97 Å². The lowest BCUT2D eigenvalue weighted by molar-refractivity contribution is -0.111. The van der Waals surface area contributed by atoms with Crippen molar-refractivity contribution >= 4 is 51.1 Å². The quantitative estimate of drug-likeness (QED) is 0.484. The zero-order chi connectivity index (χ0) is 18.1. The molecule has 0 saturated carbocycles. The van der Waals surface area contributed by atoms with Crippen molar-refractivity contribution in [2.75, 3.05) is 5.32 Å². The fourth-order valence-corrected chi connectivity index (χ4v) is 3.09. The van der Waals surface area contributed by atoms with Crippen LogP contribution in [0.15, 0.2) is 60.8 Å². The smallest absolute Gasteiger partial charge is 0.248 e. The number of carbonyl (C=O) groups is 1. The van der Waals surface area contributed by atoms with Gasteiger partial charge in [-0.05, 0) is 42.8 Å². The molecule has 0 atom stereocenters. The summed E-state index contributed by atoms with van der Waals surface area (Å²) in [6.45, 7) is 1.92. The monoisotopic (exact) mass is 361 g/mol. The van der Waals surface area contributed by atoms with Crippen LogP contribution in [0.1, 0.15) is 11.3 Å². The number of anilines is 1. The number of benzene rings is 2. The Labute approximate surface area is 155 Å². The first kappa shape index (κ1) is 16.4. The molecule has 4 rings (SSSR count). The third-order valence-electron chi connectivity index (χ3n) is 4.27. The van der Waals surface area contributed by atoms with E-state index in [1.54, 1.807) is 24.4 Å². The predicted octanol–water partition coefficient (Wildman–Crippen LogP) is 5.33. The van der Waals surface area contributed by atoms with Crippen molar-refractivity contribution in [3.8, 4) is 0 Å². The molecule has 0 saturated heterocycles. The van der Waals surface area contributed by atoms with E-state index < -0.39 is 0 Å². The highest BCUT2D eigenvalue weighted by atomic mass is 35.5. The molecule has 2 heterocycles. The highest BCUT2D eigenvalue weighted by Gasteiger charge is 2.05. The molecule has 5 heteroatoms. The van der Waals surface area contributed by atoms with Crippen LogP contribution in [0.4, 0.5) is 5.69 Å². The van der Waals surface area contributed by atoms with Crippen molar-refractivity contribution in [2.45, 2.75) is 6.92 Å². The number of halogens is 1. The molecule has 0 aliphatic carbocycles. The molecule has 1 amide bonds. The van der Waals surface area contributed by atoms with E-state index in [0.717, 1.165) is 33.1 Å². The minimum atomic E-state index is -0.226. The molecule has 0 fully saturated rings. The number of pyridine rings is 1. The van der Waals surface area contributed by atoms with E-state index in [1.165, 1.54) is 6.08 Å². The molecule has 0 unspecified atom stereocenters. The van der Waals surface area contributed by atoms with Crippen LogP contribution in [0.25, 0.3) is 27.9 Å². The van der Waals surface area contributed by atoms with Crippen LogP contribution in [0, 0.1) is 6.92 Å². The van der Waals surface area contributed by atoms with Crippen molar-refractivity contribution in [1.29, 1.82) is 0 Å². The summed E-state index contributed by atoms with van der Waals surface area (Å²) >= 11 is 5.98. The van der Waals surface area contributed by atoms with Crippen molar-refractivity contribution < 1.29 is 4.79 Å². The van der Waals surface area contributed by atoms with Gasteiger partial charge in [0.25, 0.3) is 0 Å². The summed E-state index contributed by atoms with van der Waals surface area (Å²) in [6.07, 6.45) is 4.97. The molecule has 0 spiro atoms. The molecular weight excluding hydrogens is 346 g/mol. The normalized spacial score (nSPS) is 11.5. The number of carbonyl (C=O) groups excluding carboxylic acids is 1. The third-order valence-corrected chi connectivity index (χ3v) is 4.51. The number of rotatable bonds is 3. The number of nitrogens with zero attached hydrogens (tertiary/aromatic N) is 1. The average molecular weight is 362 g/mol. The second kappa shape index (κ2) is 6.65. The first-order chi connectivity index (χ1) is 12.6. The topological polar surface area (TPSA) is 57.8 Å². The predicted molar refractivity (Wildman–Crippen MR) is 107 cm³/mol. The number of hydrogen-bond acceptors (Lipinski definition) is 2. The van der Waals surface area contributed by atoms with Gasteiger partial charge in [0.05, 0.1) is 17.4 Å². The highest BCUT2D eigenvalue weighted by molar-refractivity contribution is 6.31. The largest absolute Gasteiger partial charge is 0.353 e. The third kappa shape index (κ3) is 3.19. The molecule has 26 heavy (non-hydrogen) atoms. The van der Waals surface area contributed by atoms with Gasteiger partial charge < -0.3 is 10.3 Å². The molecule has 4 nitrogen and oxygen atoms in total. The summed E-state index contributed by atoms with van der Waals surface area (Å²) in [5, 5.41) is 5.65. The number of nitrogens with one attached hydrogen (secondary N) is 2. The number of aromatic nitrogens is 2. The number of amides is 1. The first-order valence-electron chi connectivity index (χ1n) is 8.22. The van der Waals surface area contributed by atoms with Gasteiger partial charge in [0.15, 0.2) is 0 Å². The van der Waals surface area contributed by atoms with Gasteiger partial charge in [-0.2, -0.15) is 0 Å². The number of hydrogen-bond donors (Lipinski definition) is 2. The van der Waals surface area contributed by atoms with Crippen molar-refractivity contribution in [3.05, 3.63) is 77.1 Å². The summed E-state index contributed by atoms with van der Waals surface area (Å²) in [4.78, 5) is 19.9. The minimum Gasteiger partial charge on any atom is -0.353 e. The van der Waals surface area contributed by atoms with Gasteiger partial charge in [0.2, 0.25) is 5.91 Å². The van der Waals surface area contributed by atoms with Crippen LogP contribution in [0.2, 0.25) is 5.02 Å². The van der Waals surface area contributed by atoms with E-state index in [1.807, 2.05) is 37.3 Å². The molecule has 2 aromatic carbocycles. The van der Waals surface area contributed by atoms with Crippen LogP contribution < -0.4 is 5.32 Å². The first-order valence-corrected chi connectivity index (χ1v) is 8.59. The van der Waals surface area contributed by atoms with E-state index in [4.69, 9.17) is 11.6 Å². The molecule has 2 N–H and O–H groups in total. The van der Waals surface area contributed by atoms with Crippen LogP contribution >= 0.6 is 11.6 Å². The van der Waals surface area contributed by atoms with E-state index in [9.17, 15) is 4.79 Å². The van der Waals surface area contributed by atoms with Gasteiger partial charge in [-0.1, -0.05) is 35.9 Å². The van der Waals surface area contributed by atoms with E-state index in [-0.39, 0.29) is 5.91 Å². The molecule has 0 radical (unpaired) electrons. The molecule has 0 aliphatic heterocycles. The van der Waals surface area contributed by atoms with Crippen LogP contribution in [-0.2, 0) is 4.79 Å². The number of aryl methyl sites for hydroxylation is 1. The zero-order valence-corrected chi connectivity index (χ0v) is 14.8. The number of H-pyrrole nitrogens is 1. The lowest BCUT2D eigenvalue weighted by Gasteiger charge is -2.06. The number of para-hydroxylation sites is 1. The average Bonchev–Trinajstić information content (AvgIpc) is 3.01. The zero-order valence-electron chi connectivity index (χ0n) is 14.1. The second-order valence-corrected chi connectivity index (χ2v) is 6.54. The Bertz CT molecular complexity index is 1160. The van der Waals surface area contributed by atoms with Gasteiger partial charge >= 0.3 is 0 Å². The van der Waals surface area contributed by atoms with Gasteiger partial charge in [0, 0.05) is 33.1 Å². The lowest BCUT2D eigenvalue weighted by atomic mass is 10.1. The Morgan fingerprint density at radius 1 is 1.12 bits per heavy atom. The molecule has 0 aliphatic rings. The van der Waals surface area contributed by atoms with Crippen LogP contribution in [-0.4, -0.2) is 15.9 Å². The fourth-order valence-electron chi connectivity index (χ4n) is 2.92. The molecule has 0 bridgehead atoms. The van der Waals surface area contributed by atoms with E-state index in [0.29, 0.717) is 10.7 Å². The van der Waals surface area contributed by atoms with Gasteiger partial charge in [-0.25, -0.2) is 0 Å². The summed E-state index contributed by atoms with van der Waals surface area (Å²) < 4.78 is 0. The Morgan fingerprint density at radius 3 is 2.85 bits per heavy atom. The van der Waals surface area contributed by atoms with Gasteiger partial charge in [-0.3, -0.25) is 9.78 Å². The van der Waals surface area contributed by atoms with Crippen LogP contribution in [0.3, 0.4) is 0 Å².